The van der Waals surface area contributed by atoms with Crippen LogP contribution >= 0.6 is 23.2 Å². The van der Waals surface area contributed by atoms with E-state index < -0.39 is 17.9 Å². The zero-order valence-corrected chi connectivity index (χ0v) is 17.4. The van der Waals surface area contributed by atoms with Crippen molar-refractivity contribution < 1.29 is 19.1 Å². The molecule has 0 unspecified atom stereocenters. The standard InChI is InChI=1S/C21H22Cl2N2O4/c1-2-29-21(28)18(9-8-15(26)12-24)25-20(27)19-16(22)10-14(11-17(19)23)13-6-4-3-5-7-13/h3-7,10-11,18H,2,8-9,12,24H2,1H3,(H,25,27)/t18-/m0/s1. The molecule has 0 saturated heterocycles. The van der Waals surface area contributed by atoms with Crippen molar-refractivity contribution in [1.29, 1.82) is 0 Å². The highest BCUT2D eigenvalue weighted by Gasteiger charge is 2.26. The Bertz CT molecular complexity index is 864. The predicted molar refractivity (Wildman–Crippen MR) is 113 cm³/mol. The van der Waals surface area contributed by atoms with Crippen LogP contribution in [0.1, 0.15) is 30.1 Å². The van der Waals surface area contributed by atoms with Gasteiger partial charge < -0.3 is 15.8 Å². The quantitative estimate of drug-likeness (QED) is 0.584. The second-order valence-corrected chi connectivity index (χ2v) is 7.05. The minimum Gasteiger partial charge on any atom is -0.464 e. The Morgan fingerprint density at radius 2 is 1.69 bits per heavy atom. The number of carbonyl (C=O) groups excluding carboxylic acids is 3. The first kappa shape index (κ1) is 22.9. The van der Waals surface area contributed by atoms with E-state index in [1.807, 2.05) is 30.3 Å². The molecule has 0 radical (unpaired) electrons. The number of ether oxygens (including phenoxy) is 1. The molecule has 2 aromatic carbocycles. The summed E-state index contributed by atoms with van der Waals surface area (Å²) >= 11 is 12.6. The Hall–Kier alpha value is -2.41. The van der Waals surface area contributed by atoms with E-state index in [1.165, 1.54) is 0 Å². The molecule has 0 aromatic heterocycles. The number of hydrogen-bond donors (Lipinski definition) is 2. The minimum absolute atomic E-state index is 0.0364. The average Bonchev–Trinajstić information content (AvgIpc) is 2.71. The summed E-state index contributed by atoms with van der Waals surface area (Å²) in [5.41, 5.74) is 7.00. The number of carbonyl (C=O) groups is 3. The molecule has 1 atom stereocenters. The lowest BCUT2D eigenvalue weighted by Gasteiger charge is -2.18. The first-order valence-corrected chi connectivity index (χ1v) is 9.86. The lowest BCUT2D eigenvalue weighted by atomic mass is 10.0. The maximum absolute atomic E-state index is 12.8. The van der Waals surface area contributed by atoms with Gasteiger partial charge in [0.15, 0.2) is 0 Å². The van der Waals surface area contributed by atoms with Gasteiger partial charge in [0.1, 0.15) is 11.8 Å². The molecule has 6 nitrogen and oxygen atoms in total. The highest BCUT2D eigenvalue weighted by atomic mass is 35.5. The maximum Gasteiger partial charge on any atom is 0.328 e. The van der Waals surface area contributed by atoms with Crippen LogP contribution in [0.5, 0.6) is 0 Å². The van der Waals surface area contributed by atoms with Crippen molar-refractivity contribution in [2.24, 2.45) is 5.73 Å². The molecule has 0 aliphatic carbocycles. The number of halogens is 2. The Morgan fingerprint density at radius 1 is 1.07 bits per heavy atom. The summed E-state index contributed by atoms with van der Waals surface area (Å²) in [5.74, 6) is -1.49. The Kier molecular flexibility index (Phi) is 8.64. The number of nitrogens with two attached hydrogens (primary N) is 1. The molecule has 0 saturated carbocycles. The van der Waals surface area contributed by atoms with Crippen LogP contribution in [-0.2, 0) is 14.3 Å². The summed E-state index contributed by atoms with van der Waals surface area (Å²) in [4.78, 5) is 36.4. The Morgan fingerprint density at radius 3 is 2.24 bits per heavy atom. The van der Waals surface area contributed by atoms with Crippen molar-refractivity contribution in [3.63, 3.8) is 0 Å². The van der Waals surface area contributed by atoms with Gasteiger partial charge in [-0.25, -0.2) is 4.79 Å². The van der Waals surface area contributed by atoms with E-state index in [0.717, 1.165) is 11.1 Å². The third kappa shape index (κ3) is 6.29. The van der Waals surface area contributed by atoms with Crippen molar-refractivity contribution in [2.75, 3.05) is 13.2 Å². The van der Waals surface area contributed by atoms with Gasteiger partial charge in [0, 0.05) is 6.42 Å². The summed E-state index contributed by atoms with van der Waals surface area (Å²) in [6.45, 7) is 1.66. The summed E-state index contributed by atoms with van der Waals surface area (Å²) in [6.07, 6.45) is 0.104. The van der Waals surface area contributed by atoms with Crippen molar-refractivity contribution in [2.45, 2.75) is 25.8 Å². The van der Waals surface area contributed by atoms with E-state index >= 15 is 0 Å². The molecule has 0 aliphatic heterocycles. The zero-order chi connectivity index (χ0) is 21.4. The molecule has 8 heteroatoms. The molecular weight excluding hydrogens is 415 g/mol. The fourth-order valence-corrected chi connectivity index (χ4v) is 3.38. The second kappa shape index (κ2) is 11.0. The minimum atomic E-state index is -1.01. The molecule has 1 amide bonds. The van der Waals surface area contributed by atoms with Gasteiger partial charge in [0.05, 0.1) is 28.8 Å². The van der Waals surface area contributed by atoms with E-state index in [9.17, 15) is 14.4 Å². The highest BCUT2D eigenvalue weighted by molar-refractivity contribution is 6.40. The lowest BCUT2D eigenvalue weighted by Crippen LogP contribution is -2.42. The van der Waals surface area contributed by atoms with Crippen molar-refractivity contribution in [3.05, 3.63) is 58.1 Å². The van der Waals surface area contributed by atoms with Crippen LogP contribution in [0.3, 0.4) is 0 Å². The lowest BCUT2D eigenvalue weighted by molar-refractivity contribution is -0.145. The van der Waals surface area contributed by atoms with Gasteiger partial charge in [-0.2, -0.15) is 0 Å². The fourth-order valence-electron chi connectivity index (χ4n) is 2.72. The largest absolute Gasteiger partial charge is 0.464 e. The smallest absolute Gasteiger partial charge is 0.328 e. The second-order valence-electron chi connectivity index (χ2n) is 6.24. The van der Waals surface area contributed by atoms with Crippen LogP contribution in [0.25, 0.3) is 11.1 Å². The third-order valence-electron chi connectivity index (χ3n) is 4.19. The monoisotopic (exact) mass is 436 g/mol. The van der Waals surface area contributed by atoms with Gasteiger partial charge in [0.2, 0.25) is 0 Å². The van der Waals surface area contributed by atoms with E-state index in [-0.39, 0.29) is 47.4 Å². The molecule has 2 aromatic rings. The number of benzene rings is 2. The van der Waals surface area contributed by atoms with Crippen LogP contribution in [0.2, 0.25) is 10.0 Å². The van der Waals surface area contributed by atoms with Gasteiger partial charge >= 0.3 is 5.97 Å². The molecule has 154 valence electrons. The van der Waals surface area contributed by atoms with Crippen LogP contribution in [0, 0.1) is 0 Å². The van der Waals surface area contributed by atoms with Gasteiger partial charge in [-0.05, 0) is 36.6 Å². The topological polar surface area (TPSA) is 98.5 Å². The van der Waals surface area contributed by atoms with Gasteiger partial charge in [-0.15, -0.1) is 0 Å². The van der Waals surface area contributed by atoms with Gasteiger partial charge in [0.25, 0.3) is 5.91 Å². The van der Waals surface area contributed by atoms with E-state index in [4.69, 9.17) is 33.7 Å². The predicted octanol–water partition coefficient (Wildman–Crippen LogP) is 3.63. The SMILES string of the molecule is CCOC(=O)[C@H](CCC(=O)CN)NC(=O)c1c(Cl)cc(-c2ccccc2)cc1Cl. The van der Waals surface area contributed by atoms with Crippen LogP contribution in [0.4, 0.5) is 0 Å². The molecule has 0 bridgehead atoms. The van der Waals surface area contributed by atoms with E-state index in [0.29, 0.717) is 0 Å². The molecule has 0 heterocycles. The van der Waals surface area contributed by atoms with Crippen molar-refractivity contribution in [3.8, 4) is 11.1 Å². The Balaban J connectivity index is 2.24. The number of ketones is 1. The normalized spacial score (nSPS) is 11.6. The number of rotatable bonds is 9. The van der Waals surface area contributed by atoms with E-state index in [1.54, 1.807) is 19.1 Å². The van der Waals surface area contributed by atoms with Gasteiger partial charge in [-0.1, -0.05) is 53.5 Å². The Labute approximate surface area is 179 Å². The number of hydrogen-bond acceptors (Lipinski definition) is 5. The molecular formula is C21H22Cl2N2O4. The molecule has 29 heavy (non-hydrogen) atoms. The number of Topliss-reactive ketones (excluding diaryl/α,β-unsaturated/α-hetero) is 1. The molecule has 0 spiro atoms. The first-order chi connectivity index (χ1) is 13.9. The summed E-state index contributed by atoms with van der Waals surface area (Å²) in [5, 5.41) is 2.86. The van der Waals surface area contributed by atoms with Crippen LogP contribution in [0.15, 0.2) is 42.5 Å². The molecule has 2 rings (SSSR count). The number of esters is 1. The van der Waals surface area contributed by atoms with Gasteiger partial charge in [-0.3, -0.25) is 9.59 Å². The number of amides is 1. The molecule has 0 aliphatic rings. The molecule has 0 fully saturated rings. The average molecular weight is 437 g/mol. The maximum atomic E-state index is 12.8. The van der Waals surface area contributed by atoms with Crippen LogP contribution < -0.4 is 11.1 Å². The summed E-state index contributed by atoms with van der Waals surface area (Å²) < 4.78 is 4.98. The summed E-state index contributed by atoms with van der Waals surface area (Å²) in [7, 11) is 0. The third-order valence-corrected chi connectivity index (χ3v) is 4.79. The van der Waals surface area contributed by atoms with Crippen molar-refractivity contribution >= 4 is 40.9 Å². The zero-order valence-electron chi connectivity index (χ0n) is 15.9. The first-order valence-electron chi connectivity index (χ1n) is 9.11. The fraction of sp³-hybridized carbons (Fsp3) is 0.286. The van der Waals surface area contributed by atoms with E-state index in [2.05, 4.69) is 5.32 Å². The highest BCUT2D eigenvalue weighted by Crippen LogP contribution is 2.31. The van der Waals surface area contributed by atoms with Crippen LogP contribution in [-0.4, -0.2) is 36.9 Å². The summed E-state index contributed by atoms with van der Waals surface area (Å²) in [6, 6.07) is 11.7. The number of nitrogens with one attached hydrogen (secondary N) is 1. The van der Waals surface area contributed by atoms with Crippen molar-refractivity contribution in [1.82, 2.24) is 5.32 Å². The molecule has 3 N–H and O–H groups in total.